The molecule has 2 aromatic rings. The molecule has 22 heavy (non-hydrogen) atoms. The Morgan fingerprint density at radius 3 is 2.73 bits per heavy atom. The number of anilines is 1. The number of aryl methyl sites for hydroxylation is 1. The molecule has 0 radical (unpaired) electrons. The molecule has 1 aliphatic rings. The van der Waals surface area contributed by atoms with Gasteiger partial charge in [-0.3, -0.25) is 9.59 Å². The van der Waals surface area contributed by atoms with E-state index in [1.54, 1.807) is 6.07 Å². The number of carbonyl (C=O) groups excluding carboxylic acids is 1. The van der Waals surface area contributed by atoms with E-state index in [0.29, 0.717) is 0 Å². The van der Waals surface area contributed by atoms with E-state index in [2.05, 4.69) is 10.3 Å². The molecule has 0 spiro atoms. The third kappa shape index (κ3) is 3.06. The fourth-order valence-electron chi connectivity index (χ4n) is 3.31. The maximum atomic E-state index is 12.3. The highest BCUT2D eigenvalue weighted by atomic mass is 16.2. The number of nitrogens with one attached hydrogen (secondary N) is 2. The number of H-pyrrole nitrogens is 1. The molecule has 0 bridgehead atoms. The van der Waals surface area contributed by atoms with Crippen molar-refractivity contribution in [3.8, 4) is 0 Å². The highest BCUT2D eigenvalue weighted by Crippen LogP contribution is 2.26. The molecule has 3 rings (SSSR count). The van der Waals surface area contributed by atoms with E-state index >= 15 is 0 Å². The highest BCUT2D eigenvalue weighted by molar-refractivity contribution is 5.95. The molecule has 0 atom stereocenters. The summed E-state index contributed by atoms with van der Waals surface area (Å²) in [7, 11) is 0. The molecule has 1 amide bonds. The Kier molecular flexibility index (Phi) is 4.27. The average Bonchev–Trinajstić information content (AvgIpc) is 2.54. The molecule has 1 saturated carbocycles. The third-order valence-electron chi connectivity index (χ3n) is 4.55. The number of pyridine rings is 1. The predicted molar refractivity (Wildman–Crippen MR) is 89.2 cm³/mol. The van der Waals surface area contributed by atoms with Gasteiger partial charge in [0.2, 0.25) is 11.5 Å². The van der Waals surface area contributed by atoms with Crippen LogP contribution in [0.1, 0.15) is 44.6 Å². The first kappa shape index (κ1) is 14.8. The fourth-order valence-corrected chi connectivity index (χ4v) is 3.31. The van der Waals surface area contributed by atoms with E-state index in [0.717, 1.165) is 54.3 Å². The second-order valence-electron chi connectivity index (χ2n) is 6.10. The van der Waals surface area contributed by atoms with Crippen LogP contribution in [0.4, 0.5) is 5.69 Å². The van der Waals surface area contributed by atoms with Crippen LogP contribution in [0.5, 0.6) is 0 Å². The van der Waals surface area contributed by atoms with Crippen molar-refractivity contribution >= 4 is 22.5 Å². The van der Waals surface area contributed by atoms with Crippen molar-refractivity contribution < 1.29 is 4.79 Å². The lowest BCUT2D eigenvalue weighted by Gasteiger charge is -2.20. The number of rotatable bonds is 3. The largest absolute Gasteiger partial charge is 0.326 e. The molecule has 1 aromatic heterocycles. The van der Waals surface area contributed by atoms with Gasteiger partial charge < -0.3 is 10.3 Å². The molecule has 1 heterocycles. The molecular formula is C18H22N2O2. The van der Waals surface area contributed by atoms with Crippen LogP contribution in [0.15, 0.2) is 29.1 Å². The molecule has 116 valence electrons. The molecule has 0 saturated heterocycles. The lowest BCUT2D eigenvalue weighted by Crippen LogP contribution is -2.24. The lowest BCUT2D eigenvalue weighted by atomic mass is 9.88. The summed E-state index contributed by atoms with van der Waals surface area (Å²) in [5.74, 6) is 0.235. The van der Waals surface area contributed by atoms with Gasteiger partial charge in [-0.05, 0) is 37.0 Å². The number of hydrogen-bond acceptors (Lipinski definition) is 2. The van der Waals surface area contributed by atoms with Crippen molar-refractivity contribution in [2.45, 2.75) is 45.4 Å². The first-order chi connectivity index (χ1) is 10.7. The quantitative estimate of drug-likeness (QED) is 0.909. The van der Waals surface area contributed by atoms with Gasteiger partial charge in [0.15, 0.2) is 0 Å². The summed E-state index contributed by atoms with van der Waals surface area (Å²) in [4.78, 5) is 26.9. The Morgan fingerprint density at radius 1 is 1.23 bits per heavy atom. The maximum Gasteiger partial charge on any atom is 0.248 e. The second-order valence-corrected chi connectivity index (χ2v) is 6.10. The van der Waals surface area contributed by atoms with Crippen molar-refractivity contribution in [2.24, 2.45) is 5.92 Å². The van der Waals surface area contributed by atoms with Gasteiger partial charge in [0.05, 0.1) is 5.52 Å². The summed E-state index contributed by atoms with van der Waals surface area (Å²) in [6, 6.07) is 7.39. The number of amides is 1. The molecule has 1 fully saturated rings. The van der Waals surface area contributed by atoms with E-state index in [9.17, 15) is 9.59 Å². The smallest absolute Gasteiger partial charge is 0.248 e. The maximum absolute atomic E-state index is 12.3. The van der Waals surface area contributed by atoms with Crippen LogP contribution in [-0.4, -0.2) is 10.9 Å². The van der Waals surface area contributed by atoms with E-state index < -0.39 is 0 Å². The first-order valence-corrected chi connectivity index (χ1v) is 8.14. The topological polar surface area (TPSA) is 62.0 Å². The number of aromatic nitrogens is 1. The SMILES string of the molecule is CCc1cc(=O)[nH]c2cc(NC(=O)C3CCCCC3)ccc12. The van der Waals surface area contributed by atoms with Crippen molar-refractivity contribution in [1.82, 2.24) is 4.98 Å². The molecule has 1 aromatic carbocycles. The summed E-state index contributed by atoms with van der Waals surface area (Å²) < 4.78 is 0. The summed E-state index contributed by atoms with van der Waals surface area (Å²) >= 11 is 0. The Labute approximate surface area is 129 Å². The molecule has 4 heteroatoms. The van der Waals surface area contributed by atoms with E-state index in [-0.39, 0.29) is 17.4 Å². The summed E-state index contributed by atoms with van der Waals surface area (Å²) in [6.07, 6.45) is 6.30. The van der Waals surface area contributed by atoms with Gasteiger partial charge in [-0.15, -0.1) is 0 Å². The normalized spacial score (nSPS) is 15.9. The van der Waals surface area contributed by atoms with Crippen molar-refractivity contribution in [3.05, 3.63) is 40.2 Å². The van der Waals surface area contributed by atoms with Crippen LogP contribution >= 0.6 is 0 Å². The van der Waals surface area contributed by atoms with E-state index in [4.69, 9.17) is 0 Å². The highest BCUT2D eigenvalue weighted by Gasteiger charge is 2.21. The molecule has 2 N–H and O–H groups in total. The van der Waals surface area contributed by atoms with E-state index in [1.807, 2.05) is 25.1 Å². The van der Waals surface area contributed by atoms with Gasteiger partial charge in [-0.25, -0.2) is 0 Å². The minimum Gasteiger partial charge on any atom is -0.326 e. The molecule has 0 aliphatic heterocycles. The summed E-state index contributed by atoms with van der Waals surface area (Å²) in [5, 5.41) is 4.04. The van der Waals surface area contributed by atoms with Gasteiger partial charge in [0, 0.05) is 23.1 Å². The molecule has 4 nitrogen and oxygen atoms in total. The van der Waals surface area contributed by atoms with Gasteiger partial charge in [-0.2, -0.15) is 0 Å². The molecular weight excluding hydrogens is 276 g/mol. The van der Waals surface area contributed by atoms with Crippen molar-refractivity contribution in [3.63, 3.8) is 0 Å². The standard InChI is InChI=1S/C18H22N2O2/c1-2-12-10-17(21)20-16-11-14(8-9-15(12)16)19-18(22)13-6-4-3-5-7-13/h8-11,13H,2-7H2,1H3,(H,19,22)(H,20,21). The predicted octanol–water partition coefficient (Wildman–Crippen LogP) is 3.61. The average molecular weight is 298 g/mol. The minimum atomic E-state index is -0.0971. The first-order valence-electron chi connectivity index (χ1n) is 8.14. The number of aromatic amines is 1. The van der Waals surface area contributed by atoms with Crippen LogP contribution in [-0.2, 0) is 11.2 Å². The van der Waals surface area contributed by atoms with Crippen LogP contribution in [0.2, 0.25) is 0 Å². The Morgan fingerprint density at radius 2 is 2.00 bits per heavy atom. The van der Waals surface area contributed by atoms with Crippen LogP contribution in [0, 0.1) is 5.92 Å². The zero-order valence-corrected chi connectivity index (χ0v) is 12.9. The van der Waals surface area contributed by atoms with Gasteiger partial charge >= 0.3 is 0 Å². The van der Waals surface area contributed by atoms with Crippen LogP contribution in [0.3, 0.4) is 0 Å². The lowest BCUT2D eigenvalue weighted by molar-refractivity contribution is -0.120. The Hall–Kier alpha value is -2.10. The van der Waals surface area contributed by atoms with Gasteiger partial charge in [0.1, 0.15) is 0 Å². The minimum absolute atomic E-state index is 0.0971. The fraction of sp³-hybridized carbons (Fsp3) is 0.444. The molecule has 0 unspecified atom stereocenters. The van der Waals surface area contributed by atoms with Crippen LogP contribution < -0.4 is 10.9 Å². The van der Waals surface area contributed by atoms with Gasteiger partial charge in [-0.1, -0.05) is 32.3 Å². The Balaban J connectivity index is 1.85. The zero-order chi connectivity index (χ0) is 15.5. The molecule has 1 aliphatic carbocycles. The number of benzene rings is 1. The summed E-state index contributed by atoms with van der Waals surface area (Å²) in [5.41, 5.74) is 2.47. The number of hydrogen-bond donors (Lipinski definition) is 2. The zero-order valence-electron chi connectivity index (χ0n) is 12.9. The van der Waals surface area contributed by atoms with Gasteiger partial charge in [0.25, 0.3) is 0 Å². The number of fused-ring (bicyclic) bond motifs is 1. The van der Waals surface area contributed by atoms with E-state index in [1.165, 1.54) is 6.42 Å². The van der Waals surface area contributed by atoms with Crippen molar-refractivity contribution in [2.75, 3.05) is 5.32 Å². The summed E-state index contributed by atoms with van der Waals surface area (Å²) in [6.45, 7) is 2.03. The third-order valence-corrected chi connectivity index (χ3v) is 4.55. The monoisotopic (exact) mass is 298 g/mol. The second kappa shape index (κ2) is 6.34. The Bertz CT molecular complexity index is 742. The number of carbonyl (C=O) groups is 1. The van der Waals surface area contributed by atoms with Crippen molar-refractivity contribution in [1.29, 1.82) is 0 Å². The van der Waals surface area contributed by atoms with Crippen LogP contribution in [0.25, 0.3) is 10.9 Å².